The number of amides is 3. The van der Waals surface area contributed by atoms with Gasteiger partial charge in [-0.05, 0) is 36.2 Å². The van der Waals surface area contributed by atoms with Crippen LogP contribution in [0.5, 0.6) is 0 Å². The second kappa shape index (κ2) is 14.2. The fourth-order valence-electron chi connectivity index (χ4n) is 5.02. The molecule has 1 aromatic heterocycles. The molecule has 3 aromatic rings. The molecule has 2 heterocycles. The number of likely N-dealkylation sites (N-methyl/N-ethyl adjacent to an activating group) is 1. The number of para-hydroxylation sites is 1. The fraction of sp³-hybridized carbons (Fsp3) is 0.300. The summed E-state index contributed by atoms with van der Waals surface area (Å²) in [6, 6.07) is 11.6. The molecule has 0 saturated carbocycles. The second-order valence-corrected chi connectivity index (χ2v) is 9.86. The highest BCUT2D eigenvalue weighted by molar-refractivity contribution is 6.25. The summed E-state index contributed by atoms with van der Waals surface area (Å²) < 4.78 is 5.68. The lowest BCUT2D eigenvalue weighted by atomic mass is 10.1. The van der Waals surface area contributed by atoms with E-state index in [9.17, 15) is 19.2 Å². The summed E-state index contributed by atoms with van der Waals surface area (Å²) in [6.07, 6.45) is 4.07. The Morgan fingerprint density at radius 1 is 1.12 bits per heavy atom. The minimum absolute atomic E-state index is 0.0333. The third-order valence-electron chi connectivity index (χ3n) is 7.01. The Bertz CT molecular complexity index is 1540. The Kier molecular flexibility index (Phi) is 10.3. The van der Waals surface area contributed by atoms with Gasteiger partial charge in [0.2, 0.25) is 5.91 Å². The van der Waals surface area contributed by atoms with Crippen LogP contribution in [-0.2, 0) is 20.9 Å². The van der Waals surface area contributed by atoms with Crippen LogP contribution in [0.2, 0.25) is 0 Å². The van der Waals surface area contributed by atoms with Gasteiger partial charge >= 0.3 is 0 Å². The molecule has 0 saturated heterocycles. The topological polar surface area (TPSA) is 185 Å². The molecule has 0 spiro atoms. The van der Waals surface area contributed by atoms with Gasteiger partial charge in [-0.15, -0.1) is 0 Å². The van der Waals surface area contributed by atoms with E-state index in [1.165, 1.54) is 18.1 Å². The van der Waals surface area contributed by atoms with Gasteiger partial charge in [-0.1, -0.05) is 18.2 Å². The molecule has 0 aliphatic carbocycles. The lowest BCUT2D eigenvalue weighted by Crippen LogP contribution is -2.48. The number of carbonyl (C=O) groups excluding carboxylic acids is 4. The number of imide groups is 1. The number of nitrogens with zero attached hydrogens (tertiary/aromatic N) is 3. The van der Waals surface area contributed by atoms with Crippen LogP contribution in [0.3, 0.4) is 0 Å². The molecule has 7 N–H and O–H groups in total. The van der Waals surface area contributed by atoms with Crippen molar-refractivity contribution < 1.29 is 23.9 Å². The van der Waals surface area contributed by atoms with Crippen LogP contribution in [0, 0.1) is 0 Å². The number of carbonyl (C=O) groups is 4. The molecule has 226 valence electrons. The molecule has 3 amide bonds. The van der Waals surface area contributed by atoms with Gasteiger partial charge in [-0.25, -0.2) is 5.84 Å². The van der Waals surface area contributed by atoms with E-state index >= 15 is 0 Å². The van der Waals surface area contributed by atoms with Crippen molar-refractivity contribution in [3.8, 4) is 0 Å². The van der Waals surface area contributed by atoms with E-state index in [1.54, 1.807) is 24.5 Å². The zero-order valence-electron chi connectivity index (χ0n) is 24.1. The van der Waals surface area contributed by atoms with E-state index in [2.05, 4.69) is 20.9 Å². The van der Waals surface area contributed by atoms with Crippen molar-refractivity contribution in [3.05, 3.63) is 77.2 Å². The van der Waals surface area contributed by atoms with Gasteiger partial charge in [-0.3, -0.25) is 24.3 Å². The number of hydrogen-bond acceptors (Lipinski definition) is 11. The van der Waals surface area contributed by atoms with Crippen LogP contribution in [0.1, 0.15) is 39.1 Å². The van der Waals surface area contributed by atoms with Gasteiger partial charge in [0.25, 0.3) is 11.8 Å². The maximum Gasteiger partial charge on any atom is 0.264 e. The third kappa shape index (κ3) is 6.90. The van der Waals surface area contributed by atoms with E-state index < -0.39 is 23.8 Å². The number of rotatable bonds is 15. The monoisotopic (exact) mass is 588 g/mol. The maximum atomic E-state index is 13.3. The summed E-state index contributed by atoms with van der Waals surface area (Å²) in [4.78, 5) is 55.1. The Balaban J connectivity index is 1.32. The molecule has 43 heavy (non-hydrogen) atoms. The van der Waals surface area contributed by atoms with E-state index in [-0.39, 0.29) is 37.2 Å². The molecule has 0 radical (unpaired) electrons. The fourth-order valence-corrected chi connectivity index (χ4v) is 5.02. The Labute approximate surface area is 249 Å². The predicted octanol–water partition coefficient (Wildman–Crippen LogP) is 1.57. The van der Waals surface area contributed by atoms with Crippen molar-refractivity contribution in [2.75, 3.05) is 44.5 Å². The average molecular weight is 589 g/mol. The van der Waals surface area contributed by atoms with Crippen LogP contribution >= 0.6 is 0 Å². The minimum Gasteiger partial charge on any atom is -0.399 e. The first kappa shape index (κ1) is 30.9. The first-order valence-corrected chi connectivity index (χ1v) is 13.8. The summed E-state index contributed by atoms with van der Waals surface area (Å²) >= 11 is 0. The van der Waals surface area contributed by atoms with Crippen molar-refractivity contribution in [3.63, 3.8) is 0 Å². The van der Waals surface area contributed by atoms with Gasteiger partial charge in [0, 0.05) is 50.5 Å². The summed E-state index contributed by atoms with van der Waals surface area (Å²) in [5, 5.41) is 11.2. The summed E-state index contributed by atoms with van der Waals surface area (Å²) in [5.41, 5.74) is 10.1. The maximum absolute atomic E-state index is 13.3. The van der Waals surface area contributed by atoms with Crippen LogP contribution in [0.4, 0.5) is 11.4 Å². The number of pyridine rings is 1. The van der Waals surface area contributed by atoms with Crippen LogP contribution in [0.15, 0.2) is 60.6 Å². The Morgan fingerprint density at radius 2 is 1.88 bits per heavy atom. The number of aromatic nitrogens is 1. The van der Waals surface area contributed by atoms with Crippen molar-refractivity contribution >= 4 is 46.3 Å². The largest absolute Gasteiger partial charge is 0.399 e. The molecule has 0 fully saturated rings. The smallest absolute Gasteiger partial charge is 0.264 e. The first-order chi connectivity index (χ1) is 20.8. The second-order valence-electron chi connectivity index (χ2n) is 9.86. The molecule has 1 aliphatic heterocycles. The summed E-state index contributed by atoms with van der Waals surface area (Å²) in [6.45, 7) is 1.10. The van der Waals surface area contributed by atoms with Crippen molar-refractivity contribution in [2.45, 2.75) is 25.4 Å². The molecular weight excluding hydrogens is 552 g/mol. The first-order valence-electron chi connectivity index (χ1n) is 13.8. The number of ether oxygens (including phenoxy) is 1. The number of aldehydes is 1. The number of nitrogens with two attached hydrogens (primary N) is 2. The van der Waals surface area contributed by atoms with E-state index in [0.717, 1.165) is 27.1 Å². The van der Waals surface area contributed by atoms with Crippen LogP contribution < -0.4 is 27.5 Å². The Morgan fingerprint density at radius 3 is 2.63 bits per heavy atom. The number of hydrazine groups is 1. The molecule has 2 aromatic carbocycles. The average Bonchev–Trinajstić information content (AvgIpc) is 3.26. The van der Waals surface area contributed by atoms with Gasteiger partial charge < -0.3 is 36.2 Å². The molecule has 1 unspecified atom stereocenters. The highest BCUT2D eigenvalue weighted by Gasteiger charge is 2.43. The number of nitrogens with one attached hydrogen (secondary N) is 3. The lowest BCUT2D eigenvalue weighted by molar-refractivity contribution is -0.124. The molecule has 0 bridgehead atoms. The van der Waals surface area contributed by atoms with Gasteiger partial charge in [0.05, 0.1) is 47.8 Å². The molecular formula is C30H36N8O5. The highest BCUT2D eigenvalue weighted by Crippen LogP contribution is 2.31. The van der Waals surface area contributed by atoms with Crippen LogP contribution in [0.25, 0.3) is 10.9 Å². The normalized spacial score (nSPS) is 13.6. The number of fused-ring (bicyclic) bond motifs is 2. The predicted molar refractivity (Wildman–Crippen MR) is 163 cm³/mol. The summed E-state index contributed by atoms with van der Waals surface area (Å²) in [7, 11) is 3.26. The van der Waals surface area contributed by atoms with Gasteiger partial charge in [0.15, 0.2) is 0 Å². The van der Waals surface area contributed by atoms with Crippen molar-refractivity contribution in [1.29, 1.82) is 0 Å². The SMILES string of the molecule is CNC(=O)C(CCC=O)N1C(=O)c2cccc(NCCOC/C(N)=C/N(N)Cc3ccnc4c(NC)cccc34)c2C1=O. The van der Waals surface area contributed by atoms with Gasteiger partial charge in [-0.2, -0.15) is 0 Å². The number of hydrogen-bond donors (Lipinski definition) is 5. The van der Waals surface area contributed by atoms with Crippen molar-refractivity contribution in [2.24, 2.45) is 11.6 Å². The molecule has 1 aliphatic rings. The zero-order valence-corrected chi connectivity index (χ0v) is 24.1. The quantitative estimate of drug-likeness (QED) is 0.0571. The highest BCUT2D eigenvalue weighted by atomic mass is 16.5. The standard InChI is InChI=1S/C30H36N8O5/c1-33-24-9-3-6-21-19(11-12-36-27(21)24)16-37(32)17-20(31)18-43-15-13-35-23-8-4-7-22-26(23)30(42)38(29(22)41)25(10-5-14-39)28(40)34-2/h3-4,6-9,11-12,14,17,25,33,35H,5,10,13,15-16,18,31-32H2,1-2H3,(H,34,40)/b20-17-. The van der Waals surface area contributed by atoms with Gasteiger partial charge in [0.1, 0.15) is 12.3 Å². The van der Waals surface area contributed by atoms with E-state index in [4.69, 9.17) is 16.3 Å². The molecule has 13 heteroatoms. The van der Waals surface area contributed by atoms with E-state index in [0.29, 0.717) is 30.8 Å². The van der Waals surface area contributed by atoms with Crippen molar-refractivity contribution in [1.82, 2.24) is 20.2 Å². The lowest BCUT2D eigenvalue weighted by Gasteiger charge is -2.24. The van der Waals surface area contributed by atoms with Crippen LogP contribution in [-0.4, -0.2) is 78.8 Å². The minimum atomic E-state index is -1.08. The number of benzene rings is 2. The van der Waals surface area contributed by atoms with E-state index in [1.807, 2.05) is 31.3 Å². The zero-order chi connectivity index (χ0) is 30.9. The molecule has 1 atom stereocenters. The molecule has 13 nitrogen and oxygen atoms in total. The Hall–Kier alpha value is -5.01. The third-order valence-corrected chi connectivity index (χ3v) is 7.01. The summed E-state index contributed by atoms with van der Waals surface area (Å²) in [5.74, 6) is 4.52. The number of anilines is 2. The molecule has 4 rings (SSSR count).